The van der Waals surface area contributed by atoms with E-state index in [0.717, 1.165) is 38.9 Å². The lowest BCUT2D eigenvalue weighted by molar-refractivity contribution is 0.415. The van der Waals surface area contributed by atoms with Gasteiger partial charge in [0.05, 0.1) is 18.5 Å². The maximum Gasteiger partial charge on any atom is 0.119 e. The summed E-state index contributed by atoms with van der Waals surface area (Å²) >= 11 is 1.71. The highest BCUT2D eigenvalue weighted by Gasteiger charge is 2.34. The maximum absolute atomic E-state index is 10.8. The van der Waals surface area contributed by atoms with Gasteiger partial charge in [-0.1, -0.05) is 30.3 Å². The number of nitrogens with one attached hydrogen (secondary N) is 1. The zero-order chi connectivity index (χ0) is 24.2. The van der Waals surface area contributed by atoms with Crippen molar-refractivity contribution in [2.45, 2.75) is 10.1 Å². The van der Waals surface area contributed by atoms with E-state index in [0.29, 0.717) is 6.54 Å². The second kappa shape index (κ2) is 10.2. The maximum atomic E-state index is 10.8. The van der Waals surface area contributed by atoms with Crippen LogP contribution < -0.4 is 10.1 Å². The third-order valence-corrected chi connectivity index (χ3v) is 7.53. The van der Waals surface area contributed by atoms with Crippen molar-refractivity contribution < 1.29 is 14.9 Å². The van der Waals surface area contributed by atoms with Gasteiger partial charge in [0.25, 0.3) is 0 Å². The smallest absolute Gasteiger partial charge is 0.119 e. The van der Waals surface area contributed by atoms with Gasteiger partial charge in [-0.05, 0) is 72.3 Å². The summed E-state index contributed by atoms with van der Waals surface area (Å²) < 4.78 is 5.29. The fraction of sp³-hybridized carbons (Fsp3) is 0.138. The molecule has 0 fully saturated rings. The Bertz CT molecular complexity index is 1340. The molecule has 6 heteroatoms. The van der Waals surface area contributed by atoms with Crippen molar-refractivity contribution in [2.24, 2.45) is 10.9 Å². The summed E-state index contributed by atoms with van der Waals surface area (Å²) in [5.41, 5.74) is 4.56. The first-order valence-electron chi connectivity index (χ1n) is 11.4. The molecule has 35 heavy (non-hydrogen) atoms. The number of thioether (sulfide) groups is 1. The van der Waals surface area contributed by atoms with Crippen molar-refractivity contribution in [2.75, 3.05) is 19.0 Å². The van der Waals surface area contributed by atoms with Crippen molar-refractivity contribution in [3.8, 4) is 17.2 Å². The van der Waals surface area contributed by atoms with Gasteiger partial charge >= 0.3 is 0 Å². The Kier molecular flexibility index (Phi) is 6.64. The highest BCUT2D eigenvalue weighted by molar-refractivity contribution is 7.99. The molecule has 4 aromatic rings. The van der Waals surface area contributed by atoms with E-state index >= 15 is 0 Å². The minimum absolute atomic E-state index is 0.0904. The summed E-state index contributed by atoms with van der Waals surface area (Å²) in [4.78, 5) is 6.20. The molecule has 2 unspecified atom stereocenters. The van der Waals surface area contributed by atoms with Crippen LogP contribution in [0.15, 0.2) is 107 Å². The van der Waals surface area contributed by atoms with E-state index in [1.165, 1.54) is 0 Å². The molecule has 0 radical (unpaired) electrons. The average Bonchev–Trinajstić information content (AvgIpc) is 3.05. The van der Waals surface area contributed by atoms with Crippen LogP contribution in [-0.2, 0) is 0 Å². The van der Waals surface area contributed by atoms with Gasteiger partial charge in [-0.2, -0.15) is 0 Å². The highest BCUT2D eigenvalue weighted by atomic mass is 32.2. The minimum Gasteiger partial charge on any atom is -0.508 e. The van der Waals surface area contributed by atoms with Crippen molar-refractivity contribution in [3.63, 3.8) is 0 Å². The molecule has 1 heterocycles. The Labute approximate surface area is 209 Å². The van der Waals surface area contributed by atoms with Gasteiger partial charge < -0.3 is 20.3 Å². The van der Waals surface area contributed by atoms with E-state index in [2.05, 4.69) is 11.4 Å². The number of aromatic hydroxyl groups is 2. The average molecular weight is 483 g/mol. The Morgan fingerprint density at radius 3 is 2.31 bits per heavy atom. The number of para-hydroxylation sites is 2. The lowest BCUT2D eigenvalue weighted by atomic mass is 9.89. The molecule has 5 rings (SSSR count). The number of hydrogen-bond donors (Lipinski definition) is 3. The van der Waals surface area contributed by atoms with Crippen LogP contribution in [0, 0.1) is 5.92 Å². The number of benzene rings is 4. The van der Waals surface area contributed by atoms with Gasteiger partial charge in [-0.15, -0.1) is 11.8 Å². The molecule has 0 aromatic heterocycles. The fourth-order valence-electron chi connectivity index (χ4n) is 4.28. The van der Waals surface area contributed by atoms with Crippen LogP contribution in [0.4, 0.5) is 11.4 Å². The predicted molar refractivity (Wildman–Crippen MR) is 142 cm³/mol. The number of phenolic OH excluding ortho intramolecular Hbond substituents is 2. The van der Waals surface area contributed by atoms with E-state index in [4.69, 9.17) is 9.73 Å². The Morgan fingerprint density at radius 1 is 0.857 bits per heavy atom. The van der Waals surface area contributed by atoms with Crippen molar-refractivity contribution in [1.29, 1.82) is 0 Å². The Hall–Kier alpha value is -3.90. The van der Waals surface area contributed by atoms with Gasteiger partial charge in [-0.25, -0.2) is 0 Å². The SMILES string of the molecule is COc1ccc(NCC2C(c3ccc(O)cc3)=Nc3ccccc3SC2c2ccccc2O)cc1. The number of rotatable bonds is 6. The first-order valence-corrected chi connectivity index (χ1v) is 12.3. The van der Waals surface area contributed by atoms with Crippen molar-refractivity contribution in [1.82, 2.24) is 0 Å². The quantitative estimate of drug-likeness (QED) is 0.282. The van der Waals surface area contributed by atoms with E-state index in [9.17, 15) is 10.2 Å². The first-order chi connectivity index (χ1) is 17.1. The number of nitrogens with zero attached hydrogens (tertiary/aromatic N) is 1. The van der Waals surface area contributed by atoms with Crippen LogP contribution in [0.3, 0.4) is 0 Å². The number of methoxy groups -OCH3 is 1. The number of fused-ring (bicyclic) bond motifs is 1. The molecule has 1 aliphatic heterocycles. The number of hydrogen-bond acceptors (Lipinski definition) is 6. The van der Waals surface area contributed by atoms with Crippen LogP contribution in [0.5, 0.6) is 17.2 Å². The minimum atomic E-state index is -0.0989. The molecule has 5 nitrogen and oxygen atoms in total. The highest BCUT2D eigenvalue weighted by Crippen LogP contribution is 2.50. The molecular formula is C29H26N2O3S. The number of phenols is 2. The number of anilines is 1. The first kappa shape index (κ1) is 22.9. The molecule has 4 aromatic carbocycles. The summed E-state index contributed by atoms with van der Waals surface area (Å²) in [5.74, 6) is 1.19. The Morgan fingerprint density at radius 2 is 1.57 bits per heavy atom. The normalized spacial score (nSPS) is 17.1. The standard InChI is InChI=1S/C29H26N2O3S/c1-34-22-16-12-20(13-17-22)30-18-24-28(19-10-14-21(32)15-11-19)31-25-7-3-5-9-27(25)35-29(24)23-6-2-4-8-26(23)33/h2-17,24,29-30,32-33H,18H2,1H3. The number of ether oxygens (including phenoxy) is 1. The molecule has 176 valence electrons. The van der Waals surface area contributed by atoms with Crippen LogP contribution in [-0.4, -0.2) is 29.6 Å². The van der Waals surface area contributed by atoms with Gasteiger partial charge in [0.15, 0.2) is 0 Å². The number of aliphatic imine (C=N–C) groups is 1. The third-order valence-electron chi connectivity index (χ3n) is 6.10. The summed E-state index contributed by atoms with van der Waals surface area (Å²) in [6, 6.07) is 30.6. The summed E-state index contributed by atoms with van der Waals surface area (Å²) in [6.45, 7) is 0.589. The van der Waals surface area contributed by atoms with Gasteiger partial charge in [0.1, 0.15) is 17.2 Å². The summed E-state index contributed by atoms with van der Waals surface area (Å²) in [6.07, 6.45) is 0. The molecule has 0 bridgehead atoms. The summed E-state index contributed by atoms with van der Waals surface area (Å²) in [5, 5.41) is 24.2. The second-order valence-electron chi connectivity index (χ2n) is 8.32. The van der Waals surface area contributed by atoms with Crippen molar-refractivity contribution >= 4 is 28.8 Å². The van der Waals surface area contributed by atoms with Gasteiger partial charge in [0, 0.05) is 33.9 Å². The molecule has 3 N–H and O–H groups in total. The predicted octanol–water partition coefficient (Wildman–Crippen LogP) is 6.80. The Balaban J connectivity index is 1.61. The zero-order valence-electron chi connectivity index (χ0n) is 19.3. The fourth-order valence-corrected chi connectivity index (χ4v) is 5.66. The monoisotopic (exact) mass is 482 g/mol. The summed E-state index contributed by atoms with van der Waals surface area (Å²) in [7, 11) is 1.65. The molecule has 0 amide bonds. The molecule has 0 saturated carbocycles. The molecule has 0 aliphatic carbocycles. The van der Waals surface area contributed by atoms with Gasteiger partial charge in [-0.3, -0.25) is 4.99 Å². The van der Waals surface area contributed by atoms with Crippen molar-refractivity contribution in [3.05, 3.63) is 108 Å². The van der Waals surface area contributed by atoms with Crippen LogP contribution in [0.1, 0.15) is 16.4 Å². The second-order valence-corrected chi connectivity index (χ2v) is 9.51. The lowest BCUT2D eigenvalue weighted by Crippen LogP contribution is -2.28. The van der Waals surface area contributed by atoms with E-state index in [-0.39, 0.29) is 22.7 Å². The molecule has 1 aliphatic rings. The van der Waals surface area contributed by atoms with Gasteiger partial charge in [0.2, 0.25) is 0 Å². The van der Waals surface area contributed by atoms with E-state index in [1.54, 1.807) is 37.1 Å². The molecule has 0 spiro atoms. The molecule has 0 saturated heterocycles. The third kappa shape index (κ3) is 4.98. The lowest BCUT2D eigenvalue weighted by Gasteiger charge is -2.28. The largest absolute Gasteiger partial charge is 0.508 e. The van der Waals surface area contributed by atoms with E-state index < -0.39 is 0 Å². The molecular weight excluding hydrogens is 456 g/mol. The zero-order valence-corrected chi connectivity index (χ0v) is 20.1. The molecule has 2 atom stereocenters. The van der Waals surface area contributed by atoms with Crippen LogP contribution in [0.2, 0.25) is 0 Å². The van der Waals surface area contributed by atoms with Crippen LogP contribution >= 0.6 is 11.8 Å². The van der Waals surface area contributed by atoms with E-state index in [1.807, 2.05) is 72.8 Å². The van der Waals surface area contributed by atoms with Crippen LogP contribution in [0.25, 0.3) is 0 Å². The topological polar surface area (TPSA) is 74.1 Å².